The smallest absolute Gasteiger partial charge is 0.0916 e. The number of aromatic nitrogens is 2. The van der Waals surface area contributed by atoms with Crippen LogP contribution in [-0.2, 0) is 0 Å². The summed E-state index contributed by atoms with van der Waals surface area (Å²) >= 11 is 0. The normalized spacial score (nSPS) is 10.8. The van der Waals surface area contributed by atoms with Crippen molar-refractivity contribution in [2.24, 2.45) is 0 Å². The first-order chi connectivity index (χ1) is 8.74. The molecule has 2 aromatic heterocycles. The second-order valence-electron chi connectivity index (χ2n) is 4.56. The average molecular weight is 234 g/mol. The Kier molecular flexibility index (Phi) is 2.56. The molecule has 0 saturated heterocycles. The van der Waals surface area contributed by atoms with Crippen molar-refractivity contribution in [3.05, 3.63) is 59.8 Å². The molecule has 0 aliphatic heterocycles. The summed E-state index contributed by atoms with van der Waals surface area (Å²) in [5.41, 5.74) is 6.51. The van der Waals surface area contributed by atoms with E-state index in [4.69, 9.17) is 0 Å². The van der Waals surface area contributed by atoms with E-state index in [1.807, 2.05) is 18.3 Å². The third kappa shape index (κ3) is 1.86. The number of pyridine rings is 2. The zero-order chi connectivity index (χ0) is 12.5. The van der Waals surface area contributed by atoms with E-state index in [0.717, 1.165) is 27.9 Å². The number of fused-ring (bicyclic) bond motifs is 1. The molecule has 0 fully saturated rings. The Hall–Kier alpha value is -2.22. The highest BCUT2D eigenvalue weighted by Crippen LogP contribution is 2.23. The molecule has 0 amide bonds. The Morgan fingerprint density at radius 2 is 1.72 bits per heavy atom. The first-order valence-corrected chi connectivity index (χ1v) is 6.03. The zero-order valence-electron chi connectivity index (χ0n) is 10.5. The van der Waals surface area contributed by atoms with E-state index in [1.165, 1.54) is 5.56 Å². The van der Waals surface area contributed by atoms with E-state index in [9.17, 15) is 0 Å². The molecule has 0 unspecified atom stereocenters. The van der Waals surface area contributed by atoms with Crippen molar-refractivity contribution in [2.45, 2.75) is 13.8 Å². The lowest BCUT2D eigenvalue weighted by atomic mass is 10.1. The fraction of sp³-hybridized carbons (Fsp3) is 0.125. The predicted octanol–water partition coefficient (Wildman–Crippen LogP) is 3.91. The third-order valence-electron chi connectivity index (χ3n) is 3.10. The van der Waals surface area contributed by atoms with Crippen LogP contribution >= 0.6 is 0 Å². The van der Waals surface area contributed by atoms with Gasteiger partial charge in [-0.25, -0.2) is 4.98 Å². The standard InChI is InChI=1S/C16H14N2/c1-11-5-7-13(8-6-11)15-10-12(2)16-14(18-15)4-3-9-17-16/h3-10H,1-2H3. The lowest BCUT2D eigenvalue weighted by Gasteiger charge is -2.06. The number of benzene rings is 1. The molecule has 0 aliphatic rings. The van der Waals surface area contributed by atoms with Crippen molar-refractivity contribution in [3.63, 3.8) is 0 Å². The summed E-state index contributed by atoms with van der Waals surface area (Å²) in [6.45, 7) is 4.17. The maximum absolute atomic E-state index is 4.67. The maximum atomic E-state index is 4.67. The Bertz CT molecular complexity index is 700. The van der Waals surface area contributed by atoms with Crippen molar-refractivity contribution in [2.75, 3.05) is 0 Å². The van der Waals surface area contributed by atoms with E-state index in [1.54, 1.807) is 0 Å². The summed E-state index contributed by atoms with van der Waals surface area (Å²) in [5, 5.41) is 0. The van der Waals surface area contributed by atoms with Gasteiger partial charge < -0.3 is 0 Å². The third-order valence-corrected chi connectivity index (χ3v) is 3.10. The summed E-state index contributed by atoms with van der Waals surface area (Å²) in [6, 6.07) is 14.5. The van der Waals surface area contributed by atoms with Crippen LogP contribution in [-0.4, -0.2) is 9.97 Å². The van der Waals surface area contributed by atoms with Gasteiger partial charge in [-0.1, -0.05) is 29.8 Å². The fourth-order valence-corrected chi connectivity index (χ4v) is 2.10. The molecule has 0 N–H and O–H groups in total. The highest BCUT2D eigenvalue weighted by atomic mass is 14.8. The van der Waals surface area contributed by atoms with Gasteiger partial charge in [-0.3, -0.25) is 4.98 Å². The van der Waals surface area contributed by atoms with Crippen LogP contribution < -0.4 is 0 Å². The van der Waals surface area contributed by atoms with Crippen LogP contribution in [0.15, 0.2) is 48.7 Å². The summed E-state index contributed by atoms with van der Waals surface area (Å²) in [5.74, 6) is 0. The molecule has 0 atom stereocenters. The van der Waals surface area contributed by atoms with Gasteiger partial charge >= 0.3 is 0 Å². The van der Waals surface area contributed by atoms with Gasteiger partial charge in [-0.05, 0) is 37.6 Å². The van der Waals surface area contributed by atoms with Gasteiger partial charge in [0.15, 0.2) is 0 Å². The molecular weight excluding hydrogens is 220 g/mol. The fourth-order valence-electron chi connectivity index (χ4n) is 2.10. The summed E-state index contributed by atoms with van der Waals surface area (Å²) in [4.78, 5) is 9.04. The van der Waals surface area contributed by atoms with Crippen LogP contribution in [0.5, 0.6) is 0 Å². The van der Waals surface area contributed by atoms with Crippen molar-refractivity contribution < 1.29 is 0 Å². The molecule has 18 heavy (non-hydrogen) atoms. The zero-order valence-corrected chi connectivity index (χ0v) is 10.5. The predicted molar refractivity (Wildman–Crippen MR) is 74.4 cm³/mol. The van der Waals surface area contributed by atoms with Gasteiger partial charge in [0.2, 0.25) is 0 Å². The number of hydrogen-bond acceptors (Lipinski definition) is 2. The van der Waals surface area contributed by atoms with E-state index >= 15 is 0 Å². The first-order valence-electron chi connectivity index (χ1n) is 6.03. The molecule has 2 heteroatoms. The van der Waals surface area contributed by atoms with Gasteiger partial charge in [-0.2, -0.15) is 0 Å². The minimum absolute atomic E-state index is 0.952. The average Bonchev–Trinajstić information content (AvgIpc) is 2.39. The van der Waals surface area contributed by atoms with Crippen LogP contribution in [0.3, 0.4) is 0 Å². The lowest BCUT2D eigenvalue weighted by molar-refractivity contribution is 1.29. The van der Waals surface area contributed by atoms with Gasteiger partial charge in [0.25, 0.3) is 0 Å². The Balaban J connectivity index is 2.21. The summed E-state index contributed by atoms with van der Waals surface area (Å²) in [7, 11) is 0. The first kappa shape index (κ1) is 10.9. The van der Waals surface area contributed by atoms with E-state index in [0.29, 0.717) is 0 Å². The lowest BCUT2D eigenvalue weighted by Crippen LogP contribution is -1.90. The van der Waals surface area contributed by atoms with Crippen molar-refractivity contribution in [3.8, 4) is 11.3 Å². The van der Waals surface area contributed by atoms with Gasteiger partial charge in [0, 0.05) is 11.8 Å². The maximum Gasteiger partial charge on any atom is 0.0916 e. The topological polar surface area (TPSA) is 25.8 Å². The molecule has 0 aliphatic carbocycles. The largest absolute Gasteiger partial charge is 0.254 e. The Labute approximate surface area is 106 Å². The molecule has 3 rings (SSSR count). The minimum atomic E-state index is 0.952. The monoisotopic (exact) mass is 234 g/mol. The molecule has 0 radical (unpaired) electrons. The minimum Gasteiger partial charge on any atom is -0.254 e. The highest BCUT2D eigenvalue weighted by Gasteiger charge is 2.05. The molecule has 88 valence electrons. The van der Waals surface area contributed by atoms with Crippen LogP contribution in [0.4, 0.5) is 0 Å². The highest BCUT2D eigenvalue weighted by molar-refractivity contribution is 5.81. The summed E-state index contributed by atoms with van der Waals surface area (Å²) in [6.07, 6.45) is 1.81. The molecule has 2 heterocycles. The van der Waals surface area contributed by atoms with E-state index < -0.39 is 0 Å². The second kappa shape index (κ2) is 4.22. The van der Waals surface area contributed by atoms with Gasteiger partial charge in [0.1, 0.15) is 0 Å². The molecule has 1 aromatic carbocycles. The van der Waals surface area contributed by atoms with E-state index in [-0.39, 0.29) is 0 Å². The number of nitrogens with zero attached hydrogens (tertiary/aromatic N) is 2. The quantitative estimate of drug-likeness (QED) is 0.638. The van der Waals surface area contributed by atoms with Crippen LogP contribution in [0, 0.1) is 13.8 Å². The molecule has 0 spiro atoms. The Morgan fingerprint density at radius 1 is 0.944 bits per heavy atom. The molecule has 2 nitrogen and oxygen atoms in total. The Morgan fingerprint density at radius 3 is 2.50 bits per heavy atom. The molecule has 0 bridgehead atoms. The molecule has 0 saturated carbocycles. The summed E-state index contributed by atoms with van der Waals surface area (Å²) < 4.78 is 0. The van der Waals surface area contributed by atoms with Crippen molar-refractivity contribution >= 4 is 11.0 Å². The van der Waals surface area contributed by atoms with E-state index in [2.05, 4.69) is 54.1 Å². The number of rotatable bonds is 1. The van der Waals surface area contributed by atoms with Crippen LogP contribution in [0.1, 0.15) is 11.1 Å². The van der Waals surface area contributed by atoms with Crippen molar-refractivity contribution in [1.29, 1.82) is 0 Å². The van der Waals surface area contributed by atoms with Crippen LogP contribution in [0.25, 0.3) is 22.3 Å². The number of hydrogen-bond donors (Lipinski definition) is 0. The van der Waals surface area contributed by atoms with Gasteiger partial charge in [-0.15, -0.1) is 0 Å². The van der Waals surface area contributed by atoms with Gasteiger partial charge in [0.05, 0.1) is 16.7 Å². The SMILES string of the molecule is Cc1ccc(-c2cc(C)c3ncccc3n2)cc1. The van der Waals surface area contributed by atoms with Crippen molar-refractivity contribution in [1.82, 2.24) is 9.97 Å². The molecular formula is C16H14N2. The second-order valence-corrected chi connectivity index (χ2v) is 4.56. The number of aryl methyl sites for hydroxylation is 2. The molecule has 3 aromatic rings. The van der Waals surface area contributed by atoms with Crippen LogP contribution in [0.2, 0.25) is 0 Å².